The van der Waals surface area contributed by atoms with E-state index in [-0.39, 0.29) is 29.4 Å². The molecule has 1 fully saturated rings. The maximum atomic E-state index is 12.3. The van der Waals surface area contributed by atoms with Gasteiger partial charge in [-0.25, -0.2) is 4.79 Å². The molecule has 1 aromatic rings. The molecule has 13 heteroatoms. The van der Waals surface area contributed by atoms with Gasteiger partial charge < -0.3 is 25.3 Å². The third-order valence-corrected chi connectivity index (χ3v) is 10.2. The highest BCUT2D eigenvalue weighted by Crippen LogP contribution is 2.37. The number of aliphatic hydroxyl groups is 1. The number of amides is 1. The van der Waals surface area contributed by atoms with Crippen molar-refractivity contribution in [3.8, 4) is 11.8 Å². The van der Waals surface area contributed by atoms with Crippen LogP contribution in [0.2, 0.25) is 18.1 Å². The lowest BCUT2D eigenvalue weighted by atomic mass is 10.2. The molecule has 33 heavy (non-hydrogen) atoms. The number of halogens is 3. The summed E-state index contributed by atoms with van der Waals surface area (Å²) in [6.07, 6.45) is -6.03. The fourth-order valence-corrected chi connectivity index (χ4v) is 3.70. The van der Waals surface area contributed by atoms with Gasteiger partial charge in [-0.3, -0.25) is 9.36 Å². The van der Waals surface area contributed by atoms with E-state index in [9.17, 15) is 27.9 Å². The van der Waals surface area contributed by atoms with E-state index >= 15 is 0 Å². The van der Waals surface area contributed by atoms with Gasteiger partial charge in [0.2, 0.25) is 0 Å². The van der Waals surface area contributed by atoms with Crippen LogP contribution in [0.25, 0.3) is 0 Å². The fourth-order valence-electron chi connectivity index (χ4n) is 2.69. The van der Waals surface area contributed by atoms with Crippen LogP contribution < -0.4 is 16.7 Å². The van der Waals surface area contributed by atoms with E-state index in [1.807, 2.05) is 0 Å². The van der Waals surface area contributed by atoms with Crippen LogP contribution in [0.15, 0.2) is 11.0 Å². The minimum absolute atomic E-state index is 0.0269. The summed E-state index contributed by atoms with van der Waals surface area (Å²) in [5.74, 6) is 2.47. The summed E-state index contributed by atoms with van der Waals surface area (Å²) in [5.41, 5.74) is 5.03. The van der Waals surface area contributed by atoms with E-state index in [0.717, 1.165) is 4.57 Å². The largest absolute Gasteiger partial charge is 0.471 e. The average Bonchev–Trinajstić information content (AvgIpc) is 3.03. The number of alkyl halides is 3. The summed E-state index contributed by atoms with van der Waals surface area (Å²) in [6, 6.07) is 0. The quantitative estimate of drug-likeness (QED) is 0.422. The smallest absolute Gasteiger partial charge is 0.414 e. The molecule has 1 amide bonds. The van der Waals surface area contributed by atoms with Crippen molar-refractivity contribution < 1.29 is 32.2 Å². The number of carbonyl (C=O) groups excluding carboxylic acids is 1. The molecule has 0 aliphatic carbocycles. The molecule has 0 spiro atoms. The molecule has 2 rings (SSSR count). The van der Waals surface area contributed by atoms with Crippen LogP contribution in [0, 0.1) is 11.8 Å². The molecule has 4 N–H and O–H groups in total. The van der Waals surface area contributed by atoms with E-state index in [1.54, 1.807) is 5.32 Å². The van der Waals surface area contributed by atoms with E-state index in [4.69, 9.17) is 14.9 Å². The zero-order valence-corrected chi connectivity index (χ0v) is 20.1. The van der Waals surface area contributed by atoms with Crippen LogP contribution in [0.4, 0.5) is 19.0 Å². The number of anilines is 1. The Morgan fingerprint density at radius 2 is 2.06 bits per heavy atom. The van der Waals surface area contributed by atoms with Crippen molar-refractivity contribution in [1.29, 1.82) is 0 Å². The molecule has 1 aliphatic heterocycles. The summed E-state index contributed by atoms with van der Waals surface area (Å²) < 4.78 is 49.7. The molecule has 184 valence electrons. The molecule has 9 nitrogen and oxygen atoms in total. The van der Waals surface area contributed by atoms with Crippen molar-refractivity contribution in [2.24, 2.45) is 0 Å². The number of nitrogens with two attached hydrogens (primary N) is 1. The predicted molar refractivity (Wildman–Crippen MR) is 117 cm³/mol. The minimum atomic E-state index is -5.01. The summed E-state index contributed by atoms with van der Waals surface area (Å²) in [6.45, 7) is 9.99. The van der Waals surface area contributed by atoms with Crippen molar-refractivity contribution in [3.05, 3.63) is 22.2 Å². The van der Waals surface area contributed by atoms with Crippen molar-refractivity contribution in [1.82, 2.24) is 14.9 Å². The Balaban J connectivity index is 2.11. The molecule has 3 atom stereocenters. The number of ether oxygens (including phenoxy) is 1. The summed E-state index contributed by atoms with van der Waals surface area (Å²) in [5, 5.41) is 12.0. The van der Waals surface area contributed by atoms with E-state index in [0.29, 0.717) is 0 Å². The molecular weight excluding hydrogens is 461 g/mol. The maximum absolute atomic E-state index is 12.3. The number of hydrogen-bond acceptors (Lipinski definition) is 7. The zero-order chi connectivity index (χ0) is 25.2. The molecule has 3 unspecified atom stereocenters. The van der Waals surface area contributed by atoms with Gasteiger partial charge in [0.1, 0.15) is 18.1 Å². The number of carbonyl (C=O) groups is 1. The number of nitrogen functional groups attached to an aromatic ring is 1. The van der Waals surface area contributed by atoms with Gasteiger partial charge in [-0.1, -0.05) is 32.6 Å². The first kappa shape index (κ1) is 26.8. The predicted octanol–water partition coefficient (Wildman–Crippen LogP) is 1.53. The topological polar surface area (TPSA) is 129 Å². The van der Waals surface area contributed by atoms with Crippen molar-refractivity contribution in [3.63, 3.8) is 0 Å². The molecule has 0 bridgehead atoms. The second kappa shape index (κ2) is 9.84. The van der Waals surface area contributed by atoms with Crippen LogP contribution in [0.3, 0.4) is 0 Å². The molecule has 0 saturated carbocycles. The van der Waals surface area contributed by atoms with Crippen molar-refractivity contribution in [2.75, 3.05) is 18.9 Å². The van der Waals surface area contributed by atoms with Crippen molar-refractivity contribution in [2.45, 2.75) is 69.9 Å². The summed E-state index contributed by atoms with van der Waals surface area (Å²) in [4.78, 5) is 26.8. The molecule has 2 heterocycles. The van der Waals surface area contributed by atoms with Crippen LogP contribution >= 0.6 is 0 Å². The van der Waals surface area contributed by atoms with Gasteiger partial charge in [-0.05, 0) is 18.1 Å². The Morgan fingerprint density at radius 3 is 2.64 bits per heavy atom. The summed E-state index contributed by atoms with van der Waals surface area (Å²) >= 11 is 0. The van der Waals surface area contributed by atoms with Crippen LogP contribution in [0.5, 0.6) is 0 Å². The number of hydrogen-bond donors (Lipinski definition) is 3. The third kappa shape index (κ3) is 6.79. The second-order valence-electron chi connectivity index (χ2n) is 9.22. The fraction of sp³-hybridized carbons (Fsp3) is 0.650. The molecule has 1 aromatic heterocycles. The Hall–Kier alpha value is -2.40. The normalized spacial score (nSPS) is 21.4. The third-order valence-electron chi connectivity index (χ3n) is 5.73. The lowest BCUT2D eigenvalue weighted by Crippen LogP contribution is -2.43. The van der Waals surface area contributed by atoms with Gasteiger partial charge in [-0.2, -0.15) is 18.2 Å². The monoisotopic (exact) mass is 490 g/mol. The highest BCUT2D eigenvalue weighted by Gasteiger charge is 2.41. The van der Waals surface area contributed by atoms with Gasteiger partial charge >= 0.3 is 17.8 Å². The number of nitrogens with one attached hydrogen (secondary N) is 1. The lowest BCUT2D eigenvalue weighted by Gasteiger charge is -2.37. The van der Waals surface area contributed by atoms with Gasteiger partial charge in [0.25, 0.3) is 0 Å². The van der Waals surface area contributed by atoms with Gasteiger partial charge in [0.05, 0.1) is 24.8 Å². The first-order valence-electron chi connectivity index (χ1n) is 10.2. The number of aromatic nitrogens is 2. The van der Waals surface area contributed by atoms with E-state index in [2.05, 4.69) is 50.7 Å². The van der Waals surface area contributed by atoms with Gasteiger partial charge in [0.15, 0.2) is 8.32 Å². The Bertz CT molecular complexity index is 995. The molecule has 1 aliphatic rings. The lowest BCUT2D eigenvalue weighted by molar-refractivity contribution is -0.173. The average molecular weight is 491 g/mol. The molecule has 0 aromatic carbocycles. The zero-order valence-electron chi connectivity index (χ0n) is 19.1. The second-order valence-corrected chi connectivity index (χ2v) is 14.0. The summed E-state index contributed by atoms with van der Waals surface area (Å²) in [7, 11) is -2.08. The van der Waals surface area contributed by atoms with Crippen LogP contribution in [-0.2, 0) is 14.0 Å². The Labute approximate surface area is 190 Å². The first-order chi connectivity index (χ1) is 15.0. The SMILES string of the molecule is CC(C)(C)[Si](C)(C)OCC1OC(n2cc(C#CCNC(=O)C(F)(F)F)c(N)nc2=O)CC1O. The highest BCUT2D eigenvalue weighted by atomic mass is 28.4. The van der Waals surface area contributed by atoms with Gasteiger partial charge in [0, 0.05) is 12.6 Å². The first-order valence-corrected chi connectivity index (χ1v) is 13.1. The van der Waals surface area contributed by atoms with Crippen LogP contribution in [-0.4, -0.2) is 60.4 Å². The minimum Gasteiger partial charge on any atom is -0.414 e. The molecule has 1 saturated heterocycles. The molecule has 0 radical (unpaired) electrons. The van der Waals surface area contributed by atoms with Gasteiger partial charge in [-0.15, -0.1) is 0 Å². The standard InChI is InChI=1S/C20H29F3N4O5Si/c1-19(2,3)33(4,5)31-11-14-13(28)9-15(32-14)27-10-12(16(24)26-18(27)30)7-6-8-25-17(29)20(21,22)23/h10,13-15,28H,8-9,11H2,1-5H3,(H,25,29)(H2,24,26,30). The van der Waals surface area contributed by atoms with E-state index < -0.39 is 51.1 Å². The highest BCUT2D eigenvalue weighted by molar-refractivity contribution is 6.74. The number of nitrogens with zero attached hydrogens (tertiary/aromatic N) is 2. The van der Waals surface area contributed by atoms with Crippen molar-refractivity contribution >= 4 is 20.0 Å². The number of aliphatic hydroxyl groups excluding tert-OH is 1. The Kier molecular flexibility index (Phi) is 8.00. The Morgan fingerprint density at radius 1 is 1.42 bits per heavy atom. The maximum Gasteiger partial charge on any atom is 0.471 e. The molecular formula is C20H29F3N4O5Si. The number of rotatable bonds is 5. The van der Waals surface area contributed by atoms with Crippen LogP contribution in [0.1, 0.15) is 39.0 Å². The van der Waals surface area contributed by atoms with E-state index in [1.165, 1.54) is 6.20 Å².